The topological polar surface area (TPSA) is 29.1 Å². The van der Waals surface area contributed by atoms with Gasteiger partial charge >= 0.3 is 0 Å². The van der Waals surface area contributed by atoms with Crippen molar-refractivity contribution < 1.29 is 9.18 Å². The number of hydrogen-bond donors (Lipinski definition) is 1. The lowest BCUT2D eigenvalue weighted by Crippen LogP contribution is -2.23. The van der Waals surface area contributed by atoms with Crippen molar-refractivity contribution in [2.45, 2.75) is 6.54 Å². The minimum absolute atomic E-state index is 0.219. The third-order valence-corrected chi connectivity index (χ3v) is 4.26. The molecule has 1 amide bonds. The third kappa shape index (κ3) is 4.14. The first kappa shape index (κ1) is 15.7. The van der Waals surface area contributed by atoms with Gasteiger partial charge in [-0.1, -0.05) is 47.8 Å². The van der Waals surface area contributed by atoms with Crippen LogP contribution in [0.4, 0.5) is 4.39 Å². The lowest BCUT2D eigenvalue weighted by Gasteiger charge is -2.08. The van der Waals surface area contributed by atoms with E-state index in [1.54, 1.807) is 18.2 Å². The third-order valence-electron chi connectivity index (χ3n) is 2.57. The van der Waals surface area contributed by atoms with Crippen LogP contribution in [0.3, 0.4) is 0 Å². The van der Waals surface area contributed by atoms with Crippen LogP contribution in [-0.2, 0) is 6.54 Å². The molecular weight excluding hydrogens is 457 g/mol. The fourth-order valence-corrected chi connectivity index (χ4v) is 3.32. The summed E-state index contributed by atoms with van der Waals surface area (Å²) >= 11 is 9.99. The fraction of sp³-hybridized carbons (Fsp3) is 0.0714. The first-order valence-electron chi connectivity index (χ1n) is 5.64. The maximum absolute atomic E-state index is 13.2. The highest BCUT2D eigenvalue weighted by Crippen LogP contribution is 2.21. The van der Waals surface area contributed by atoms with E-state index >= 15 is 0 Å². The van der Waals surface area contributed by atoms with Crippen molar-refractivity contribution in [2.75, 3.05) is 0 Å². The van der Waals surface area contributed by atoms with Crippen LogP contribution >= 0.6 is 47.8 Å². The van der Waals surface area contributed by atoms with E-state index in [1.807, 2.05) is 6.07 Å². The molecule has 2 aromatic carbocycles. The van der Waals surface area contributed by atoms with Crippen LogP contribution in [0.2, 0.25) is 0 Å². The van der Waals surface area contributed by atoms with Crippen LogP contribution in [0, 0.1) is 5.82 Å². The Kier molecular flexibility index (Phi) is 5.35. The first-order chi connectivity index (χ1) is 9.45. The monoisotopic (exact) mass is 463 g/mol. The highest BCUT2D eigenvalue weighted by Gasteiger charge is 2.09. The van der Waals surface area contributed by atoms with E-state index in [0.717, 1.165) is 13.4 Å². The average Bonchev–Trinajstić information content (AvgIpc) is 2.38. The molecule has 0 saturated carbocycles. The summed E-state index contributed by atoms with van der Waals surface area (Å²) in [5.74, 6) is -0.550. The van der Waals surface area contributed by atoms with Crippen LogP contribution < -0.4 is 5.32 Å². The van der Waals surface area contributed by atoms with Gasteiger partial charge in [-0.15, -0.1) is 0 Å². The molecule has 1 N–H and O–H groups in total. The molecule has 2 rings (SSSR count). The molecule has 0 heterocycles. The number of amides is 1. The SMILES string of the molecule is O=C(NCc1cc(F)ccc1Br)c1cc(Br)cc(Br)c1. The molecule has 20 heavy (non-hydrogen) atoms. The van der Waals surface area contributed by atoms with Gasteiger partial charge < -0.3 is 5.32 Å². The predicted octanol–water partition coefficient (Wildman–Crippen LogP) is 5.04. The fourth-order valence-electron chi connectivity index (χ4n) is 1.64. The van der Waals surface area contributed by atoms with Gasteiger partial charge in [0.25, 0.3) is 5.91 Å². The molecule has 0 atom stereocenters. The van der Waals surface area contributed by atoms with Crippen molar-refractivity contribution in [1.29, 1.82) is 0 Å². The van der Waals surface area contributed by atoms with Crippen molar-refractivity contribution in [1.82, 2.24) is 5.32 Å². The van der Waals surface area contributed by atoms with Crippen LogP contribution in [0.1, 0.15) is 15.9 Å². The molecule has 0 unspecified atom stereocenters. The van der Waals surface area contributed by atoms with Gasteiger partial charge in [0.15, 0.2) is 0 Å². The van der Waals surface area contributed by atoms with Gasteiger partial charge in [-0.25, -0.2) is 4.39 Å². The average molecular weight is 466 g/mol. The molecule has 0 bridgehead atoms. The standard InChI is InChI=1S/C14H9Br3FNO/c15-10-3-8(4-11(16)6-10)14(20)19-7-9-5-12(18)1-2-13(9)17/h1-6H,7H2,(H,19,20). The first-order valence-corrected chi connectivity index (χ1v) is 8.02. The summed E-state index contributed by atoms with van der Waals surface area (Å²) in [5, 5.41) is 2.76. The summed E-state index contributed by atoms with van der Waals surface area (Å²) in [6.45, 7) is 0.251. The Morgan fingerprint density at radius 1 is 1.05 bits per heavy atom. The van der Waals surface area contributed by atoms with Crippen molar-refractivity contribution in [3.8, 4) is 0 Å². The van der Waals surface area contributed by atoms with E-state index in [0.29, 0.717) is 11.1 Å². The minimum Gasteiger partial charge on any atom is -0.348 e. The van der Waals surface area contributed by atoms with Gasteiger partial charge in [-0.2, -0.15) is 0 Å². The lowest BCUT2D eigenvalue weighted by atomic mass is 10.2. The molecule has 0 aliphatic heterocycles. The molecule has 2 aromatic rings. The second-order valence-electron chi connectivity index (χ2n) is 4.08. The molecule has 6 heteroatoms. The Morgan fingerprint density at radius 2 is 1.70 bits per heavy atom. The largest absolute Gasteiger partial charge is 0.348 e. The zero-order valence-corrected chi connectivity index (χ0v) is 14.8. The Labute approximate surface area is 141 Å². The molecule has 104 valence electrons. The van der Waals surface area contributed by atoms with Gasteiger partial charge in [0.2, 0.25) is 0 Å². The molecule has 0 spiro atoms. The molecule has 0 aliphatic carbocycles. The van der Waals surface area contributed by atoms with E-state index in [9.17, 15) is 9.18 Å². The van der Waals surface area contributed by atoms with Gasteiger partial charge in [0.05, 0.1) is 0 Å². The second kappa shape index (κ2) is 6.83. The lowest BCUT2D eigenvalue weighted by molar-refractivity contribution is 0.0950. The second-order valence-corrected chi connectivity index (χ2v) is 6.76. The maximum atomic E-state index is 13.2. The highest BCUT2D eigenvalue weighted by atomic mass is 79.9. The molecule has 0 fully saturated rings. The number of carbonyl (C=O) groups excluding carboxylic acids is 1. The van der Waals surface area contributed by atoms with E-state index in [2.05, 4.69) is 53.1 Å². The molecular formula is C14H9Br3FNO. The Hall–Kier alpha value is -0.720. The van der Waals surface area contributed by atoms with Crippen molar-refractivity contribution in [3.63, 3.8) is 0 Å². The number of hydrogen-bond acceptors (Lipinski definition) is 1. The zero-order chi connectivity index (χ0) is 14.7. The maximum Gasteiger partial charge on any atom is 0.251 e. The number of benzene rings is 2. The highest BCUT2D eigenvalue weighted by molar-refractivity contribution is 9.11. The van der Waals surface area contributed by atoms with E-state index in [1.165, 1.54) is 12.1 Å². The van der Waals surface area contributed by atoms with Crippen LogP contribution in [0.5, 0.6) is 0 Å². The van der Waals surface area contributed by atoms with E-state index in [-0.39, 0.29) is 18.3 Å². The molecule has 0 saturated heterocycles. The summed E-state index contributed by atoms with van der Waals surface area (Å²) in [6.07, 6.45) is 0. The van der Waals surface area contributed by atoms with Crippen molar-refractivity contribution in [3.05, 3.63) is 66.8 Å². The van der Waals surface area contributed by atoms with Gasteiger partial charge in [-0.05, 0) is 42.0 Å². The molecule has 0 aliphatic rings. The molecule has 0 aromatic heterocycles. The van der Waals surface area contributed by atoms with E-state index in [4.69, 9.17) is 0 Å². The zero-order valence-electron chi connectivity index (χ0n) is 10.1. The van der Waals surface area contributed by atoms with Crippen LogP contribution in [0.15, 0.2) is 49.8 Å². The van der Waals surface area contributed by atoms with Crippen LogP contribution in [0.25, 0.3) is 0 Å². The number of nitrogens with one attached hydrogen (secondary N) is 1. The van der Waals surface area contributed by atoms with Gasteiger partial charge in [0, 0.05) is 25.5 Å². The summed E-state index contributed by atoms with van der Waals surface area (Å²) < 4.78 is 15.5. The summed E-state index contributed by atoms with van der Waals surface area (Å²) in [5.41, 5.74) is 1.21. The molecule has 0 radical (unpaired) electrons. The van der Waals surface area contributed by atoms with Crippen LogP contribution in [-0.4, -0.2) is 5.91 Å². The smallest absolute Gasteiger partial charge is 0.251 e. The normalized spacial score (nSPS) is 10.4. The Bertz CT molecular complexity index is 641. The van der Waals surface area contributed by atoms with E-state index < -0.39 is 0 Å². The number of halogens is 4. The van der Waals surface area contributed by atoms with Crippen molar-refractivity contribution >= 4 is 53.7 Å². The predicted molar refractivity (Wildman–Crippen MR) is 87.1 cm³/mol. The summed E-state index contributed by atoms with van der Waals surface area (Å²) in [6, 6.07) is 9.66. The number of rotatable bonds is 3. The quantitative estimate of drug-likeness (QED) is 0.675. The number of carbonyl (C=O) groups is 1. The minimum atomic E-state index is -0.331. The molecule has 2 nitrogen and oxygen atoms in total. The van der Waals surface area contributed by atoms with Gasteiger partial charge in [-0.3, -0.25) is 4.79 Å². The summed E-state index contributed by atoms with van der Waals surface area (Å²) in [7, 11) is 0. The Morgan fingerprint density at radius 3 is 2.35 bits per heavy atom. The van der Waals surface area contributed by atoms with Crippen molar-refractivity contribution in [2.24, 2.45) is 0 Å². The Balaban J connectivity index is 2.10. The van der Waals surface area contributed by atoms with Gasteiger partial charge in [0.1, 0.15) is 5.82 Å². The summed E-state index contributed by atoms with van der Waals surface area (Å²) in [4.78, 5) is 12.1.